The van der Waals surface area contributed by atoms with E-state index < -0.39 is 9.84 Å². The minimum absolute atomic E-state index is 0.00895. The van der Waals surface area contributed by atoms with Crippen LogP contribution in [0, 0.1) is 0 Å². The lowest BCUT2D eigenvalue weighted by atomic mass is 10.0. The third-order valence-corrected chi connectivity index (χ3v) is 7.02. The number of sulfone groups is 1. The van der Waals surface area contributed by atoms with Crippen molar-refractivity contribution in [1.29, 1.82) is 0 Å². The molecule has 2 saturated heterocycles. The van der Waals surface area contributed by atoms with Gasteiger partial charge < -0.3 is 15.1 Å². The Bertz CT molecular complexity index is 1070. The number of aromatic nitrogens is 3. The lowest BCUT2D eigenvalue weighted by molar-refractivity contribution is -0.130. The Morgan fingerprint density at radius 1 is 1.06 bits per heavy atom. The fourth-order valence-electron chi connectivity index (χ4n) is 4.03. The zero-order valence-corrected chi connectivity index (χ0v) is 19.2. The van der Waals surface area contributed by atoms with Crippen LogP contribution in [0.3, 0.4) is 0 Å². The molecule has 2 aliphatic heterocycles. The molecular weight excluding hydrogens is 463 g/mol. The van der Waals surface area contributed by atoms with E-state index >= 15 is 0 Å². The molecule has 1 amide bonds. The molecule has 2 aromatic rings. The molecular formula is C19H22Cl2N6O3S. The second-order valence-corrected chi connectivity index (χ2v) is 10.4. The molecule has 1 N–H and O–H groups in total. The van der Waals surface area contributed by atoms with Gasteiger partial charge in [0.25, 0.3) is 0 Å². The second kappa shape index (κ2) is 8.76. The second-order valence-electron chi connectivity index (χ2n) is 7.70. The number of nitrogens with one attached hydrogen (secondary N) is 1. The summed E-state index contributed by atoms with van der Waals surface area (Å²) < 4.78 is 23.1. The molecule has 0 aliphatic carbocycles. The van der Waals surface area contributed by atoms with Gasteiger partial charge in [0.15, 0.2) is 25.8 Å². The van der Waals surface area contributed by atoms with Crippen molar-refractivity contribution in [3.8, 4) is 0 Å². The highest BCUT2D eigenvalue weighted by Crippen LogP contribution is 2.29. The normalized spacial score (nSPS) is 20.4. The highest BCUT2D eigenvalue weighted by molar-refractivity contribution is 7.90. The van der Waals surface area contributed by atoms with Crippen molar-refractivity contribution in [3.05, 3.63) is 34.8 Å². The molecule has 0 aromatic carbocycles. The quantitative estimate of drug-likeness (QED) is 0.687. The minimum atomic E-state index is -3.35. The van der Waals surface area contributed by atoms with E-state index in [1.807, 2.05) is 4.90 Å². The van der Waals surface area contributed by atoms with Crippen molar-refractivity contribution in [2.75, 3.05) is 36.1 Å². The van der Waals surface area contributed by atoms with Gasteiger partial charge in [0.1, 0.15) is 11.2 Å². The Kier molecular flexibility index (Phi) is 6.23. The number of nitrogens with zero attached hydrogens (tertiary/aromatic N) is 5. The van der Waals surface area contributed by atoms with E-state index in [0.717, 1.165) is 32.2 Å². The fourth-order valence-corrected chi connectivity index (χ4v) is 5.02. The van der Waals surface area contributed by atoms with Gasteiger partial charge in [0.05, 0.1) is 18.1 Å². The zero-order valence-electron chi connectivity index (χ0n) is 16.8. The van der Waals surface area contributed by atoms with Gasteiger partial charge in [-0.15, -0.1) is 0 Å². The first-order chi connectivity index (χ1) is 14.7. The Morgan fingerprint density at radius 3 is 2.42 bits per heavy atom. The summed E-state index contributed by atoms with van der Waals surface area (Å²) in [6, 6.07) is 2.88. The van der Waals surface area contributed by atoms with Gasteiger partial charge in [-0.2, -0.15) is 0 Å². The average Bonchev–Trinajstić information content (AvgIpc) is 3.08. The van der Waals surface area contributed by atoms with Crippen molar-refractivity contribution in [2.45, 2.75) is 36.4 Å². The van der Waals surface area contributed by atoms with Crippen LogP contribution < -0.4 is 10.2 Å². The summed E-state index contributed by atoms with van der Waals surface area (Å²) in [6.45, 7) is 2.12. The predicted octanol–water partition coefficient (Wildman–Crippen LogP) is 2.26. The van der Waals surface area contributed by atoms with E-state index in [-0.39, 0.29) is 33.3 Å². The van der Waals surface area contributed by atoms with Gasteiger partial charge >= 0.3 is 0 Å². The highest BCUT2D eigenvalue weighted by Gasteiger charge is 2.37. The number of pyridine rings is 1. The largest absolute Gasteiger partial charge is 0.372 e. The third-order valence-electron chi connectivity index (χ3n) is 5.58. The number of hydrogen-bond donors (Lipinski definition) is 1. The summed E-state index contributed by atoms with van der Waals surface area (Å²) in [4.78, 5) is 29.2. The Labute approximate surface area is 190 Å². The number of amides is 1. The molecule has 4 heterocycles. The predicted molar refractivity (Wildman–Crippen MR) is 118 cm³/mol. The van der Waals surface area contributed by atoms with Crippen LogP contribution in [0.15, 0.2) is 29.6 Å². The lowest BCUT2D eigenvalue weighted by Crippen LogP contribution is -2.47. The van der Waals surface area contributed by atoms with Gasteiger partial charge in [-0.1, -0.05) is 23.2 Å². The van der Waals surface area contributed by atoms with Gasteiger partial charge in [-0.3, -0.25) is 4.79 Å². The summed E-state index contributed by atoms with van der Waals surface area (Å²) in [5, 5.41) is 3.72. The highest BCUT2D eigenvalue weighted by atomic mass is 35.5. The summed E-state index contributed by atoms with van der Waals surface area (Å²) in [5.41, 5.74) is 0.623. The maximum atomic E-state index is 13.0. The van der Waals surface area contributed by atoms with Crippen LogP contribution in [0.25, 0.3) is 0 Å². The van der Waals surface area contributed by atoms with Crippen LogP contribution in [0.1, 0.15) is 19.3 Å². The van der Waals surface area contributed by atoms with Crippen LogP contribution in [0.2, 0.25) is 10.3 Å². The lowest BCUT2D eigenvalue weighted by Gasteiger charge is -2.37. The standard InChI is InChI=1S/C19H22Cl2N6O3S/c1-31(29,30)16-3-2-12(10-22-16)24-14-6-9-27(19(14)28)13-4-7-26(8-5-13)18-17(21)25-15(20)11-23-18/h2-3,10-11,13-14,24H,4-9H2,1H3/t14-/m0/s1. The molecule has 2 aromatic heterocycles. The molecule has 2 fully saturated rings. The first-order valence-corrected chi connectivity index (χ1v) is 12.5. The van der Waals surface area contributed by atoms with E-state index in [0.29, 0.717) is 24.5 Å². The third kappa shape index (κ3) is 4.86. The van der Waals surface area contributed by atoms with Crippen LogP contribution in [0.5, 0.6) is 0 Å². The molecule has 0 saturated carbocycles. The molecule has 2 aliphatic rings. The van der Waals surface area contributed by atoms with Gasteiger partial charge in [-0.25, -0.2) is 23.4 Å². The molecule has 31 heavy (non-hydrogen) atoms. The molecule has 0 spiro atoms. The molecule has 12 heteroatoms. The molecule has 9 nitrogen and oxygen atoms in total. The SMILES string of the molecule is CS(=O)(=O)c1ccc(N[C@H]2CCN(C3CCN(c4ncc(Cl)nc4Cl)CC3)C2=O)cn1. The monoisotopic (exact) mass is 484 g/mol. The van der Waals surface area contributed by atoms with E-state index in [2.05, 4.69) is 25.2 Å². The Morgan fingerprint density at radius 2 is 1.81 bits per heavy atom. The van der Waals surface area contributed by atoms with Crippen LogP contribution in [-0.2, 0) is 14.6 Å². The van der Waals surface area contributed by atoms with Gasteiger partial charge in [-0.05, 0) is 31.4 Å². The van der Waals surface area contributed by atoms with Crippen molar-refractivity contribution >= 4 is 50.5 Å². The number of carbonyl (C=O) groups is 1. The first kappa shape index (κ1) is 22.0. The van der Waals surface area contributed by atoms with Crippen LogP contribution in [-0.4, -0.2) is 72.2 Å². The number of rotatable bonds is 5. The molecule has 4 rings (SSSR count). The molecule has 1 atom stereocenters. The molecule has 166 valence electrons. The van der Waals surface area contributed by atoms with Crippen molar-refractivity contribution in [1.82, 2.24) is 19.9 Å². The Hall–Kier alpha value is -2.17. The number of piperidine rings is 1. The van der Waals surface area contributed by atoms with E-state index in [9.17, 15) is 13.2 Å². The smallest absolute Gasteiger partial charge is 0.245 e. The van der Waals surface area contributed by atoms with Crippen LogP contribution >= 0.6 is 23.2 Å². The number of likely N-dealkylation sites (tertiary alicyclic amines) is 1. The number of halogens is 2. The van der Waals surface area contributed by atoms with Crippen molar-refractivity contribution in [3.63, 3.8) is 0 Å². The van der Waals surface area contributed by atoms with E-state index in [4.69, 9.17) is 23.2 Å². The number of carbonyl (C=O) groups excluding carboxylic acids is 1. The molecule has 0 bridgehead atoms. The molecule has 0 radical (unpaired) electrons. The number of anilines is 2. The first-order valence-electron chi connectivity index (χ1n) is 9.88. The fraction of sp³-hybridized carbons (Fsp3) is 0.474. The van der Waals surface area contributed by atoms with Crippen molar-refractivity contribution in [2.24, 2.45) is 0 Å². The summed E-state index contributed by atoms with van der Waals surface area (Å²) in [7, 11) is -3.35. The van der Waals surface area contributed by atoms with Gasteiger partial charge in [0, 0.05) is 31.9 Å². The average molecular weight is 485 g/mol. The zero-order chi connectivity index (χ0) is 22.2. The summed E-state index contributed by atoms with van der Waals surface area (Å²) in [6.07, 6.45) is 6.34. The van der Waals surface area contributed by atoms with Gasteiger partial charge in [0.2, 0.25) is 5.91 Å². The maximum absolute atomic E-state index is 13.0. The minimum Gasteiger partial charge on any atom is -0.372 e. The van der Waals surface area contributed by atoms with Crippen LogP contribution in [0.4, 0.5) is 11.5 Å². The maximum Gasteiger partial charge on any atom is 0.245 e. The Balaban J connectivity index is 1.34. The van der Waals surface area contributed by atoms with E-state index in [1.165, 1.54) is 18.5 Å². The van der Waals surface area contributed by atoms with Crippen molar-refractivity contribution < 1.29 is 13.2 Å². The topological polar surface area (TPSA) is 108 Å². The number of hydrogen-bond acceptors (Lipinski definition) is 8. The molecule has 0 unspecified atom stereocenters. The summed E-state index contributed by atoms with van der Waals surface area (Å²) in [5.74, 6) is 0.664. The summed E-state index contributed by atoms with van der Waals surface area (Å²) >= 11 is 12.0. The van der Waals surface area contributed by atoms with E-state index in [1.54, 1.807) is 6.07 Å².